The number of rotatable bonds is 5. The fourth-order valence-corrected chi connectivity index (χ4v) is 2.91. The first-order valence-electron chi connectivity index (χ1n) is 7.87. The maximum atomic E-state index is 12.9. The minimum absolute atomic E-state index is 0.0979. The summed E-state index contributed by atoms with van der Waals surface area (Å²) in [5.41, 5.74) is 1.91. The van der Waals surface area contributed by atoms with Gasteiger partial charge in [-0.25, -0.2) is 0 Å². The van der Waals surface area contributed by atoms with Crippen LogP contribution in [0.2, 0.25) is 0 Å². The summed E-state index contributed by atoms with van der Waals surface area (Å²) in [4.78, 5) is 14.8. The van der Waals surface area contributed by atoms with Crippen LogP contribution in [0.15, 0.2) is 60.7 Å². The maximum absolute atomic E-state index is 12.9. The second-order valence-electron chi connectivity index (χ2n) is 5.22. The fraction of sp³-hybridized carbons (Fsp3) is 0.263. The molecule has 0 fully saturated rings. The molecule has 0 radical (unpaired) electrons. The number of amides is 1. The average Bonchev–Trinajstić information content (AvgIpc) is 2.58. The number of hydrogen-bond donors (Lipinski definition) is 1. The molecule has 2 rings (SSSR count). The van der Waals surface area contributed by atoms with Crippen molar-refractivity contribution in [2.24, 2.45) is 0 Å². The summed E-state index contributed by atoms with van der Waals surface area (Å²) in [6.07, 6.45) is 0. The van der Waals surface area contributed by atoms with E-state index in [0.29, 0.717) is 5.11 Å². The Labute approximate surface area is 143 Å². The molecule has 0 aromatic heterocycles. The number of carbonyl (C=O) groups excluding carboxylic acids is 1. The summed E-state index contributed by atoms with van der Waals surface area (Å²) >= 11 is 5.36. The number of nitrogens with zero attached hydrogens (tertiary/aromatic N) is 1. The molecule has 3 nitrogen and oxygen atoms in total. The fourth-order valence-electron chi connectivity index (χ4n) is 2.55. The molecule has 1 amide bonds. The lowest BCUT2D eigenvalue weighted by atomic mass is 9.90. The largest absolute Gasteiger partial charge is 0.350 e. The van der Waals surface area contributed by atoms with Crippen LogP contribution in [-0.4, -0.2) is 29.0 Å². The van der Waals surface area contributed by atoms with Gasteiger partial charge in [-0.05, 0) is 37.2 Å². The first kappa shape index (κ1) is 17.2. The van der Waals surface area contributed by atoms with Crippen LogP contribution in [-0.2, 0) is 4.79 Å². The Morgan fingerprint density at radius 3 is 1.78 bits per heavy atom. The third kappa shape index (κ3) is 4.39. The number of benzene rings is 2. The summed E-state index contributed by atoms with van der Waals surface area (Å²) in [5.74, 6) is -0.467. The Balaban J connectivity index is 2.28. The Morgan fingerprint density at radius 2 is 1.39 bits per heavy atom. The highest BCUT2D eigenvalue weighted by atomic mass is 32.1. The van der Waals surface area contributed by atoms with Gasteiger partial charge < -0.3 is 10.2 Å². The van der Waals surface area contributed by atoms with Gasteiger partial charge in [-0.1, -0.05) is 60.7 Å². The summed E-state index contributed by atoms with van der Waals surface area (Å²) < 4.78 is 0. The van der Waals surface area contributed by atoms with E-state index in [0.717, 1.165) is 24.2 Å². The summed E-state index contributed by atoms with van der Waals surface area (Å²) in [7, 11) is 0. The highest BCUT2D eigenvalue weighted by Crippen LogP contribution is 2.24. The third-order valence-corrected chi connectivity index (χ3v) is 4.17. The van der Waals surface area contributed by atoms with Crippen molar-refractivity contribution < 1.29 is 4.79 Å². The zero-order valence-corrected chi connectivity index (χ0v) is 14.3. The van der Waals surface area contributed by atoms with Crippen LogP contribution < -0.4 is 5.32 Å². The van der Waals surface area contributed by atoms with Crippen molar-refractivity contribution in [2.45, 2.75) is 19.8 Å². The van der Waals surface area contributed by atoms with Gasteiger partial charge in [0.25, 0.3) is 0 Å². The molecule has 0 saturated carbocycles. The quantitative estimate of drug-likeness (QED) is 0.853. The van der Waals surface area contributed by atoms with Gasteiger partial charge in [-0.15, -0.1) is 0 Å². The van der Waals surface area contributed by atoms with E-state index >= 15 is 0 Å². The standard InChI is InChI=1S/C19H22N2OS/c1-3-21(4-2)19(23)20-18(22)17(15-11-7-5-8-12-15)16-13-9-6-10-14-16/h5-14,17H,3-4H2,1-2H3,(H,20,22,23). The normalized spacial score (nSPS) is 10.4. The molecule has 0 aliphatic carbocycles. The molecular weight excluding hydrogens is 304 g/mol. The van der Waals surface area contributed by atoms with Crippen molar-refractivity contribution in [3.05, 3.63) is 71.8 Å². The predicted molar refractivity (Wildman–Crippen MR) is 98.4 cm³/mol. The van der Waals surface area contributed by atoms with Gasteiger partial charge in [-0.3, -0.25) is 4.79 Å². The zero-order chi connectivity index (χ0) is 16.7. The van der Waals surface area contributed by atoms with Gasteiger partial charge in [0.05, 0.1) is 5.92 Å². The van der Waals surface area contributed by atoms with Crippen molar-refractivity contribution in [1.82, 2.24) is 10.2 Å². The van der Waals surface area contributed by atoms with Crippen LogP contribution in [0, 0.1) is 0 Å². The lowest BCUT2D eigenvalue weighted by molar-refractivity contribution is -0.120. The van der Waals surface area contributed by atoms with Crippen molar-refractivity contribution >= 4 is 23.2 Å². The van der Waals surface area contributed by atoms with Crippen LogP contribution in [0.25, 0.3) is 0 Å². The average molecular weight is 326 g/mol. The Morgan fingerprint density at radius 1 is 0.957 bits per heavy atom. The molecule has 0 aliphatic rings. The van der Waals surface area contributed by atoms with Gasteiger partial charge >= 0.3 is 0 Å². The second-order valence-corrected chi connectivity index (χ2v) is 5.61. The Kier molecular flexibility index (Phi) is 6.29. The van der Waals surface area contributed by atoms with E-state index in [9.17, 15) is 4.79 Å². The second kappa shape index (κ2) is 8.44. The van der Waals surface area contributed by atoms with Crippen LogP contribution in [0.4, 0.5) is 0 Å². The molecule has 2 aromatic carbocycles. The molecule has 0 saturated heterocycles. The van der Waals surface area contributed by atoms with E-state index in [1.165, 1.54) is 0 Å². The molecule has 0 unspecified atom stereocenters. The van der Waals surface area contributed by atoms with Gasteiger partial charge in [0.15, 0.2) is 5.11 Å². The number of thiocarbonyl (C=S) groups is 1. The van der Waals surface area contributed by atoms with Crippen LogP contribution >= 0.6 is 12.2 Å². The molecule has 23 heavy (non-hydrogen) atoms. The lowest BCUT2D eigenvalue weighted by Crippen LogP contribution is -2.44. The van der Waals surface area contributed by atoms with E-state index in [1.54, 1.807) is 0 Å². The van der Waals surface area contributed by atoms with E-state index in [-0.39, 0.29) is 11.8 Å². The summed E-state index contributed by atoms with van der Waals surface area (Å²) in [6, 6.07) is 19.6. The highest BCUT2D eigenvalue weighted by molar-refractivity contribution is 7.80. The van der Waals surface area contributed by atoms with Crippen LogP contribution in [0.1, 0.15) is 30.9 Å². The lowest BCUT2D eigenvalue weighted by Gasteiger charge is -2.24. The predicted octanol–water partition coefficient (Wildman–Crippen LogP) is 3.56. The molecule has 4 heteroatoms. The molecule has 0 bridgehead atoms. The molecule has 0 heterocycles. The first-order valence-corrected chi connectivity index (χ1v) is 8.27. The monoisotopic (exact) mass is 326 g/mol. The maximum Gasteiger partial charge on any atom is 0.238 e. The SMILES string of the molecule is CCN(CC)C(=S)NC(=O)C(c1ccccc1)c1ccccc1. The minimum Gasteiger partial charge on any atom is -0.350 e. The topological polar surface area (TPSA) is 32.3 Å². The molecule has 0 atom stereocenters. The first-order chi connectivity index (χ1) is 11.2. The molecule has 120 valence electrons. The van der Waals surface area contributed by atoms with Crippen molar-refractivity contribution in [3.63, 3.8) is 0 Å². The van der Waals surface area contributed by atoms with Crippen molar-refractivity contribution in [1.29, 1.82) is 0 Å². The van der Waals surface area contributed by atoms with Crippen LogP contribution in [0.5, 0.6) is 0 Å². The van der Waals surface area contributed by atoms with Crippen molar-refractivity contribution in [3.8, 4) is 0 Å². The van der Waals surface area contributed by atoms with Gasteiger partial charge in [0, 0.05) is 13.1 Å². The van der Waals surface area contributed by atoms with Crippen molar-refractivity contribution in [2.75, 3.05) is 13.1 Å². The number of carbonyl (C=O) groups is 1. The number of nitrogens with one attached hydrogen (secondary N) is 1. The number of hydrogen-bond acceptors (Lipinski definition) is 2. The molecule has 0 aliphatic heterocycles. The Hall–Kier alpha value is -2.20. The highest BCUT2D eigenvalue weighted by Gasteiger charge is 2.24. The van der Waals surface area contributed by atoms with Gasteiger partial charge in [-0.2, -0.15) is 0 Å². The smallest absolute Gasteiger partial charge is 0.238 e. The van der Waals surface area contributed by atoms with E-state index in [1.807, 2.05) is 79.4 Å². The summed E-state index contributed by atoms with van der Waals surface area (Å²) in [5, 5.41) is 3.38. The van der Waals surface area contributed by atoms with Gasteiger partial charge in [0.2, 0.25) is 5.91 Å². The zero-order valence-electron chi connectivity index (χ0n) is 13.5. The van der Waals surface area contributed by atoms with Crippen LogP contribution in [0.3, 0.4) is 0 Å². The molecule has 0 spiro atoms. The van der Waals surface area contributed by atoms with E-state index in [2.05, 4.69) is 5.32 Å². The minimum atomic E-state index is -0.370. The third-order valence-electron chi connectivity index (χ3n) is 3.81. The summed E-state index contributed by atoms with van der Waals surface area (Å²) in [6.45, 7) is 5.59. The molecule has 1 N–H and O–H groups in total. The van der Waals surface area contributed by atoms with E-state index in [4.69, 9.17) is 12.2 Å². The molecular formula is C19H22N2OS. The van der Waals surface area contributed by atoms with Gasteiger partial charge in [0.1, 0.15) is 0 Å². The Bertz CT molecular complexity index is 599. The van der Waals surface area contributed by atoms with E-state index < -0.39 is 0 Å². The molecule has 2 aromatic rings.